The van der Waals surface area contributed by atoms with Crippen molar-refractivity contribution in [3.63, 3.8) is 0 Å². The number of pyridine rings is 1. The summed E-state index contributed by atoms with van der Waals surface area (Å²) in [5.41, 5.74) is 0.443. The Morgan fingerprint density at radius 2 is 2.27 bits per heavy atom. The highest BCUT2D eigenvalue weighted by Crippen LogP contribution is 2.38. The molecule has 82 valence electrons. The molecule has 1 aromatic rings. The maximum atomic E-state index is 6.14. The van der Waals surface area contributed by atoms with E-state index in [1.165, 1.54) is 6.42 Å². The molecular weight excluding hydrogens is 275 g/mol. The molecule has 0 radical (unpaired) electrons. The Morgan fingerprint density at radius 3 is 2.80 bits per heavy atom. The predicted molar refractivity (Wildman–Crippen MR) is 67.6 cm³/mol. The van der Waals surface area contributed by atoms with Crippen LogP contribution in [0.2, 0.25) is 5.02 Å². The maximum absolute atomic E-state index is 6.14. The fourth-order valence-electron chi connectivity index (χ4n) is 1.89. The molecule has 0 bridgehead atoms. The molecular formula is C11H14BrClN2. The summed E-state index contributed by atoms with van der Waals surface area (Å²) in [6, 6.07) is 1.89. The van der Waals surface area contributed by atoms with Crippen molar-refractivity contribution in [2.24, 2.45) is 5.41 Å². The second-order valence-corrected chi connectivity index (χ2v) is 5.80. The first-order valence-corrected chi connectivity index (χ1v) is 6.27. The fourth-order valence-corrected chi connectivity index (χ4v) is 2.64. The largest absolute Gasteiger partial charge is 0.354 e. The van der Waals surface area contributed by atoms with Gasteiger partial charge in [0, 0.05) is 29.2 Å². The summed E-state index contributed by atoms with van der Waals surface area (Å²) in [5.74, 6) is 0.908. The molecule has 0 atom stereocenters. The van der Waals surface area contributed by atoms with Crippen molar-refractivity contribution >= 4 is 33.3 Å². The molecule has 0 amide bonds. The minimum absolute atomic E-state index is 0.443. The van der Waals surface area contributed by atoms with E-state index in [0.29, 0.717) is 5.41 Å². The molecule has 0 spiro atoms. The van der Waals surface area contributed by atoms with Gasteiger partial charge in [-0.05, 0) is 28.4 Å². The van der Waals surface area contributed by atoms with E-state index in [4.69, 9.17) is 11.6 Å². The van der Waals surface area contributed by atoms with E-state index in [1.807, 2.05) is 6.07 Å². The van der Waals surface area contributed by atoms with E-state index in [1.54, 1.807) is 6.20 Å². The summed E-state index contributed by atoms with van der Waals surface area (Å²) in [4.78, 5) is 6.58. The number of anilines is 1. The van der Waals surface area contributed by atoms with Crippen LogP contribution in [0.5, 0.6) is 0 Å². The van der Waals surface area contributed by atoms with Crippen molar-refractivity contribution in [1.82, 2.24) is 4.98 Å². The van der Waals surface area contributed by atoms with E-state index in [2.05, 4.69) is 39.7 Å². The van der Waals surface area contributed by atoms with Crippen LogP contribution in [0.1, 0.15) is 20.3 Å². The number of rotatable bonds is 2. The Kier molecular flexibility index (Phi) is 2.95. The molecule has 1 saturated heterocycles. The molecule has 0 N–H and O–H groups in total. The zero-order valence-corrected chi connectivity index (χ0v) is 11.3. The van der Waals surface area contributed by atoms with Crippen LogP contribution in [0.4, 0.5) is 5.82 Å². The first-order valence-electron chi connectivity index (χ1n) is 5.10. The third-order valence-electron chi connectivity index (χ3n) is 3.09. The Morgan fingerprint density at radius 1 is 1.60 bits per heavy atom. The lowest BCUT2D eigenvalue weighted by atomic mass is 9.79. The Labute approximate surface area is 104 Å². The van der Waals surface area contributed by atoms with Crippen molar-refractivity contribution in [1.29, 1.82) is 0 Å². The van der Waals surface area contributed by atoms with Crippen molar-refractivity contribution in [3.05, 3.63) is 21.8 Å². The number of hydrogen-bond acceptors (Lipinski definition) is 2. The number of halogens is 2. The minimum Gasteiger partial charge on any atom is -0.354 e. The zero-order chi connectivity index (χ0) is 11.1. The molecule has 0 saturated carbocycles. The monoisotopic (exact) mass is 288 g/mol. The average molecular weight is 290 g/mol. The fraction of sp³-hybridized carbons (Fsp3) is 0.545. The van der Waals surface area contributed by atoms with E-state index >= 15 is 0 Å². The molecule has 1 aromatic heterocycles. The zero-order valence-electron chi connectivity index (χ0n) is 8.93. The predicted octanol–water partition coefficient (Wildman–Crippen LogP) is 3.73. The quantitative estimate of drug-likeness (QED) is 0.824. The number of hydrogen-bond donors (Lipinski definition) is 0. The summed E-state index contributed by atoms with van der Waals surface area (Å²) in [6.45, 7) is 6.64. The molecule has 0 unspecified atom stereocenters. The molecule has 0 aromatic carbocycles. The van der Waals surface area contributed by atoms with Crippen molar-refractivity contribution in [2.45, 2.75) is 20.3 Å². The van der Waals surface area contributed by atoms with Crippen LogP contribution in [0.3, 0.4) is 0 Å². The third kappa shape index (κ3) is 2.13. The molecule has 2 nitrogen and oxygen atoms in total. The van der Waals surface area contributed by atoms with Crippen LogP contribution in [0, 0.1) is 5.41 Å². The highest BCUT2D eigenvalue weighted by molar-refractivity contribution is 9.10. The van der Waals surface area contributed by atoms with E-state index in [9.17, 15) is 0 Å². The molecule has 4 heteroatoms. The molecule has 1 aliphatic heterocycles. The first-order chi connectivity index (χ1) is 7.04. The molecule has 0 aliphatic carbocycles. The average Bonchev–Trinajstić information content (AvgIpc) is 2.14. The Bertz CT molecular complexity index is 375. The molecule has 1 aliphatic rings. The van der Waals surface area contributed by atoms with E-state index < -0.39 is 0 Å². The molecule has 15 heavy (non-hydrogen) atoms. The second-order valence-electron chi connectivity index (χ2n) is 4.48. The molecule has 2 heterocycles. The van der Waals surface area contributed by atoms with Crippen molar-refractivity contribution in [3.8, 4) is 0 Å². The van der Waals surface area contributed by atoms with Gasteiger partial charge in [-0.2, -0.15) is 0 Å². The summed E-state index contributed by atoms with van der Waals surface area (Å²) in [6.07, 6.45) is 3.00. The van der Waals surface area contributed by atoms with Gasteiger partial charge in [-0.15, -0.1) is 0 Å². The summed E-state index contributed by atoms with van der Waals surface area (Å²) < 4.78 is 0.926. The van der Waals surface area contributed by atoms with Crippen LogP contribution < -0.4 is 4.90 Å². The Balaban J connectivity index is 2.13. The van der Waals surface area contributed by atoms with Gasteiger partial charge in [0.15, 0.2) is 0 Å². The molecule has 1 fully saturated rings. The van der Waals surface area contributed by atoms with Crippen LogP contribution in [-0.2, 0) is 0 Å². The SMILES string of the molecule is CCC1(C)CN(c2ncc(Br)cc2Cl)C1. The third-order valence-corrected chi connectivity index (χ3v) is 3.80. The number of aromatic nitrogens is 1. The van der Waals surface area contributed by atoms with Crippen LogP contribution in [-0.4, -0.2) is 18.1 Å². The van der Waals surface area contributed by atoms with Gasteiger partial charge in [0.1, 0.15) is 5.82 Å². The standard InChI is InChI=1S/C11H14BrClN2/c1-3-11(2)6-15(7-11)10-9(13)4-8(12)5-14-10/h4-5H,3,6-7H2,1-2H3. The maximum Gasteiger partial charge on any atom is 0.147 e. The van der Waals surface area contributed by atoms with Crippen LogP contribution in [0.15, 0.2) is 16.7 Å². The normalized spacial score (nSPS) is 18.8. The van der Waals surface area contributed by atoms with Gasteiger partial charge in [-0.3, -0.25) is 0 Å². The van der Waals surface area contributed by atoms with Crippen LogP contribution >= 0.6 is 27.5 Å². The van der Waals surface area contributed by atoms with Gasteiger partial charge in [0.2, 0.25) is 0 Å². The van der Waals surface area contributed by atoms with Crippen molar-refractivity contribution in [2.75, 3.05) is 18.0 Å². The van der Waals surface area contributed by atoms with Gasteiger partial charge in [-0.25, -0.2) is 4.98 Å². The highest BCUT2D eigenvalue weighted by atomic mass is 79.9. The van der Waals surface area contributed by atoms with E-state index in [0.717, 1.165) is 28.4 Å². The lowest BCUT2D eigenvalue weighted by Gasteiger charge is -2.48. The topological polar surface area (TPSA) is 16.1 Å². The van der Waals surface area contributed by atoms with Gasteiger partial charge < -0.3 is 4.90 Å². The van der Waals surface area contributed by atoms with Crippen molar-refractivity contribution < 1.29 is 0 Å². The first kappa shape index (κ1) is 11.2. The summed E-state index contributed by atoms with van der Waals surface area (Å²) in [5, 5.41) is 0.725. The van der Waals surface area contributed by atoms with Gasteiger partial charge in [-0.1, -0.05) is 25.4 Å². The lowest BCUT2D eigenvalue weighted by molar-refractivity contribution is 0.232. The van der Waals surface area contributed by atoms with Crippen LogP contribution in [0.25, 0.3) is 0 Å². The molecule has 2 rings (SSSR count). The number of nitrogens with zero attached hydrogens (tertiary/aromatic N) is 2. The van der Waals surface area contributed by atoms with Gasteiger partial charge >= 0.3 is 0 Å². The lowest BCUT2D eigenvalue weighted by Crippen LogP contribution is -2.54. The smallest absolute Gasteiger partial charge is 0.147 e. The second kappa shape index (κ2) is 3.95. The summed E-state index contributed by atoms with van der Waals surface area (Å²) >= 11 is 9.50. The summed E-state index contributed by atoms with van der Waals surface area (Å²) in [7, 11) is 0. The van der Waals surface area contributed by atoms with Gasteiger partial charge in [0.05, 0.1) is 5.02 Å². The Hall–Kier alpha value is -0.280. The van der Waals surface area contributed by atoms with Gasteiger partial charge in [0.25, 0.3) is 0 Å². The van der Waals surface area contributed by atoms with E-state index in [-0.39, 0.29) is 0 Å². The minimum atomic E-state index is 0.443. The highest BCUT2D eigenvalue weighted by Gasteiger charge is 2.38.